The van der Waals surface area contributed by atoms with E-state index in [-0.39, 0.29) is 17.9 Å². The van der Waals surface area contributed by atoms with E-state index in [0.717, 1.165) is 42.4 Å². The van der Waals surface area contributed by atoms with Crippen molar-refractivity contribution >= 4 is 17.9 Å². The number of nitrogens with zero attached hydrogens (tertiary/aromatic N) is 1. The minimum atomic E-state index is -0.880. The summed E-state index contributed by atoms with van der Waals surface area (Å²) in [5.41, 5.74) is 2.04. The average Bonchev–Trinajstić information content (AvgIpc) is 3.67. The van der Waals surface area contributed by atoms with E-state index in [1.54, 1.807) is 25.7 Å². The highest BCUT2D eigenvalue weighted by Gasteiger charge is 2.44. The van der Waals surface area contributed by atoms with Gasteiger partial charge in [-0.1, -0.05) is 73.5 Å². The Hall–Kier alpha value is -3.35. The lowest BCUT2D eigenvalue weighted by molar-refractivity contribution is -0.143. The van der Waals surface area contributed by atoms with Gasteiger partial charge < -0.3 is 20.3 Å². The maximum atomic E-state index is 14.2. The van der Waals surface area contributed by atoms with Crippen LogP contribution >= 0.6 is 0 Å². The third-order valence-electron chi connectivity index (χ3n) is 6.22. The smallest absolute Gasteiger partial charge is 0.408 e. The molecule has 0 heterocycles. The molecule has 200 valence electrons. The second kappa shape index (κ2) is 12.7. The van der Waals surface area contributed by atoms with Crippen molar-refractivity contribution in [3.63, 3.8) is 0 Å². The summed E-state index contributed by atoms with van der Waals surface area (Å²) in [6.45, 7) is 9.96. The van der Waals surface area contributed by atoms with Gasteiger partial charge in [-0.2, -0.15) is 0 Å². The summed E-state index contributed by atoms with van der Waals surface area (Å²) in [7, 11) is 0. The first-order valence-corrected chi connectivity index (χ1v) is 13.3. The molecular formula is C30H41N3O4. The molecule has 0 spiro atoms. The Labute approximate surface area is 221 Å². The van der Waals surface area contributed by atoms with Gasteiger partial charge in [0.25, 0.3) is 0 Å². The number of carbonyl (C=O) groups is 3. The van der Waals surface area contributed by atoms with Crippen molar-refractivity contribution in [2.24, 2.45) is 0 Å². The van der Waals surface area contributed by atoms with E-state index >= 15 is 0 Å². The summed E-state index contributed by atoms with van der Waals surface area (Å²) >= 11 is 0. The van der Waals surface area contributed by atoms with Gasteiger partial charge in [0.15, 0.2) is 0 Å². The molecule has 2 N–H and O–H groups in total. The van der Waals surface area contributed by atoms with Gasteiger partial charge >= 0.3 is 6.09 Å². The summed E-state index contributed by atoms with van der Waals surface area (Å²) in [5.74, 6) is -0.485. The fourth-order valence-electron chi connectivity index (χ4n) is 4.22. The number of hydrogen-bond acceptors (Lipinski definition) is 4. The molecule has 1 saturated carbocycles. The summed E-state index contributed by atoms with van der Waals surface area (Å²) in [6, 6.07) is 15.6. The van der Waals surface area contributed by atoms with Gasteiger partial charge in [0, 0.05) is 19.0 Å². The van der Waals surface area contributed by atoms with Crippen LogP contribution in [-0.2, 0) is 20.7 Å². The van der Waals surface area contributed by atoms with Crippen LogP contribution in [0.2, 0.25) is 0 Å². The first kappa shape index (κ1) is 28.2. The van der Waals surface area contributed by atoms with Crippen LogP contribution in [0.1, 0.15) is 76.1 Å². The van der Waals surface area contributed by atoms with E-state index in [1.807, 2.05) is 61.5 Å². The lowest BCUT2D eigenvalue weighted by Gasteiger charge is -2.35. The molecule has 3 amide bonds. The lowest BCUT2D eigenvalue weighted by Crippen LogP contribution is -2.54. The second-order valence-corrected chi connectivity index (χ2v) is 10.8. The number of aryl methyl sites for hydroxylation is 1. The third kappa shape index (κ3) is 8.62. The number of amides is 3. The molecule has 0 aromatic heterocycles. The number of rotatable bonds is 11. The standard InChI is InChI=1S/C30H41N3O4/c1-6-7-19-31-27(34)26(23-15-13-21(2)14-16-23)33(24-17-18-24)28(35)25(20-22-11-9-8-10-12-22)32-29(36)37-30(3,4)5/h8-16,24-26H,6-7,17-20H2,1-5H3,(H,31,34)(H,32,36). The minimum absolute atomic E-state index is 0.0607. The molecule has 7 heteroatoms. The van der Waals surface area contributed by atoms with Crippen LogP contribution in [0.3, 0.4) is 0 Å². The Morgan fingerprint density at radius 3 is 2.24 bits per heavy atom. The molecule has 0 bridgehead atoms. The lowest BCUT2D eigenvalue weighted by atomic mass is 9.99. The Kier molecular flexibility index (Phi) is 9.73. The zero-order valence-electron chi connectivity index (χ0n) is 22.8. The average molecular weight is 508 g/mol. The number of nitrogens with one attached hydrogen (secondary N) is 2. The Balaban J connectivity index is 1.96. The number of benzene rings is 2. The number of ether oxygens (including phenoxy) is 1. The van der Waals surface area contributed by atoms with Crippen molar-refractivity contribution in [1.29, 1.82) is 0 Å². The van der Waals surface area contributed by atoms with E-state index in [2.05, 4.69) is 17.6 Å². The van der Waals surface area contributed by atoms with Gasteiger partial charge in [-0.3, -0.25) is 9.59 Å². The van der Waals surface area contributed by atoms with Crippen LogP contribution in [-0.4, -0.2) is 47.0 Å². The quantitative estimate of drug-likeness (QED) is 0.415. The van der Waals surface area contributed by atoms with Crippen LogP contribution < -0.4 is 10.6 Å². The van der Waals surface area contributed by atoms with Crippen molar-refractivity contribution in [2.45, 2.75) is 90.4 Å². The molecule has 1 fully saturated rings. The molecule has 1 aliphatic carbocycles. The monoisotopic (exact) mass is 507 g/mol. The largest absolute Gasteiger partial charge is 0.444 e. The molecule has 1 aliphatic rings. The highest BCUT2D eigenvalue weighted by Crippen LogP contribution is 2.36. The van der Waals surface area contributed by atoms with Crippen LogP contribution in [0.5, 0.6) is 0 Å². The molecule has 3 rings (SSSR count). The minimum Gasteiger partial charge on any atom is -0.444 e. The Bertz CT molecular complexity index is 1040. The Morgan fingerprint density at radius 1 is 1.03 bits per heavy atom. The molecule has 7 nitrogen and oxygen atoms in total. The predicted molar refractivity (Wildman–Crippen MR) is 145 cm³/mol. The molecule has 2 unspecified atom stereocenters. The first-order valence-electron chi connectivity index (χ1n) is 13.3. The summed E-state index contributed by atoms with van der Waals surface area (Å²) in [4.78, 5) is 42.2. The van der Waals surface area contributed by atoms with Crippen LogP contribution in [0, 0.1) is 6.92 Å². The fourth-order valence-corrected chi connectivity index (χ4v) is 4.22. The second-order valence-electron chi connectivity index (χ2n) is 10.8. The molecule has 2 aromatic rings. The molecular weight excluding hydrogens is 466 g/mol. The van der Waals surface area contributed by atoms with Gasteiger partial charge in [-0.25, -0.2) is 4.79 Å². The zero-order valence-corrected chi connectivity index (χ0v) is 22.8. The zero-order chi connectivity index (χ0) is 27.0. The predicted octanol–water partition coefficient (Wildman–Crippen LogP) is 5.08. The molecule has 0 aliphatic heterocycles. The topological polar surface area (TPSA) is 87.7 Å². The van der Waals surface area contributed by atoms with Gasteiger partial charge in [0.1, 0.15) is 17.7 Å². The maximum Gasteiger partial charge on any atom is 0.408 e. The van der Waals surface area contributed by atoms with Crippen molar-refractivity contribution in [3.05, 3.63) is 71.3 Å². The molecule has 0 radical (unpaired) electrons. The van der Waals surface area contributed by atoms with Gasteiger partial charge in [0.2, 0.25) is 11.8 Å². The molecule has 2 atom stereocenters. The first-order chi connectivity index (χ1) is 17.6. The van der Waals surface area contributed by atoms with Gasteiger partial charge in [0.05, 0.1) is 0 Å². The van der Waals surface area contributed by atoms with Crippen molar-refractivity contribution in [2.75, 3.05) is 6.54 Å². The third-order valence-corrected chi connectivity index (χ3v) is 6.22. The van der Waals surface area contributed by atoms with Crippen molar-refractivity contribution in [1.82, 2.24) is 15.5 Å². The van der Waals surface area contributed by atoms with Crippen LogP contribution in [0.25, 0.3) is 0 Å². The van der Waals surface area contributed by atoms with E-state index in [0.29, 0.717) is 13.0 Å². The summed E-state index contributed by atoms with van der Waals surface area (Å²) in [6.07, 6.45) is 3.10. The van der Waals surface area contributed by atoms with Gasteiger partial charge in [-0.15, -0.1) is 0 Å². The molecule has 0 saturated heterocycles. The summed E-state index contributed by atoms with van der Waals surface area (Å²) < 4.78 is 5.48. The number of alkyl carbamates (subject to hydrolysis) is 1. The van der Waals surface area contributed by atoms with E-state index in [9.17, 15) is 14.4 Å². The number of carbonyl (C=O) groups excluding carboxylic acids is 3. The highest BCUT2D eigenvalue weighted by molar-refractivity contribution is 5.92. The molecule has 37 heavy (non-hydrogen) atoms. The normalized spacial score (nSPS) is 14.8. The van der Waals surface area contributed by atoms with Crippen LogP contribution in [0.15, 0.2) is 54.6 Å². The van der Waals surface area contributed by atoms with Gasteiger partial charge in [-0.05, 0) is 58.1 Å². The number of unbranched alkanes of at least 4 members (excludes halogenated alkanes) is 1. The SMILES string of the molecule is CCCCNC(=O)C(c1ccc(C)cc1)N(C(=O)C(Cc1ccccc1)NC(=O)OC(C)(C)C)C1CC1. The maximum absolute atomic E-state index is 14.2. The van der Waals surface area contributed by atoms with E-state index < -0.39 is 23.8 Å². The van der Waals surface area contributed by atoms with Crippen molar-refractivity contribution < 1.29 is 19.1 Å². The Morgan fingerprint density at radius 2 is 1.68 bits per heavy atom. The number of hydrogen-bond donors (Lipinski definition) is 2. The van der Waals surface area contributed by atoms with Crippen LogP contribution in [0.4, 0.5) is 4.79 Å². The van der Waals surface area contributed by atoms with Crippen molar-refractivity contribution in [3.8, 4) is 0 Å². The summed E-state index contributed by atoms with van der Waals surface area (Å²) in [5, 5.41) is 5.84. The van der Waals surface area contributed by atoms with E-state index in [4.69, 9.17) is 4.74 Å². The fraction of sp³-hybridized carbons (Fsp3) is 0.500. The van der Waals surface area contributed by atoms with E-state index in [1.165, 1.54) is 0 Å². The molecule has 2 aromatic carbocycles. The highest BCUT2D eigenvalue weighted by atomic mass is 16.6.